The van der Waals surface area contributed by atoms with E-state index in [1.807, 2.05) is 6.92 Å². The average Bonchev–Trinajstić information content (AvgIpc) is 2.33. The molecule has 0 amide bonds. The SMILES string of the molecule is Cc1ccc(=O)n(Cc2ccc([Si](C)(C)C)cc2)n1. The zero-order valence-electron chi connectivity index (χ0n) is 12.0. The number of aromatic nitrogens is 2. The highest BCUT2D eigenvalue weighted by molar-refractivity contribution is 6.88. The molecule has 1 aromatic heterocycles. The average molecular weight is 272 g/mol. The molecule has 4 heteroatoms. The Bertz CT molecular complexity index is 624. The van der Waals surface area contributed by atoms with Crippen molar-refractivity contribution in [3.8, 4) is 0 Å². The van der Waals surface area contributed by atoms with Crippen molar-refractivity contribution in [1.29, 1.82) is 0 Å². The first-order valence-electron chi connectivity index (χ1n) is 6.50. The second-order valence-electron chi connectivity index (χ2n) is 5.92. The van der Waals surface area contributed by atoms with E-state index in [4.69, 9.17) is 0 Å². The van der Waals surface area contributed by atoms with Crippen LogP contribution in [0, 0.1) is 6.92 Å². The molecule has 3 nitrogen and oxygen atoms in total. The standard InChI is InChI=1S/C15H20N2OSi/c1-12-5-10-15(18)17(16-12)11-13-6-8-14(9-7-13)19(2,3)4/h5-10H,11H2,1-4H3. The van der Waals surface area contributed by atoms with Crippen molar-refractivity contribution in [1.82, 2.24) is 9.78 Å². The van der Waals surface area contributed by atoms with Crippen molar-refractivity contribution >= 4 is 13.3 Å². The first-order valence-corrected chi connectivity index (χ1v) is 10.0. The molecular weight excluding hydrogens is 252 g/mol. The molecular formula is C15H20N2OSi. The number of benzene rings is 1. The maximum atomic E-state index is 11.7. The summed E-state index contributed by atoms with van der Waals surface area (Å²) >= 11 is 0. The van der Waals surface area contributed by atoms with Crippen LogP contribution in [0.15, 0.2) is 41.2 Å². The van der Waals surface area contributed by atoms with Crippen molar-refractivity contribution in [2.75, 3.05) is 0 Å². The van der Waals surface area contributed by atoms with E-state index in [1.165, 1.54) is 9.87 Å². The van der Waals surface area contributed by atoms with E-state index in [2.05, 4.69) is 49.0 Å². The van der Waals surface area contributed by atoms with Crippen LogP contribution in [0.5, 0.6) is 0 Å². The van der Waals surface area contributed by atoms with Gasteiger partial charge in [0.15, 0.2) is 0 Å². The first-order chi connectivity index (χ1) is 8.86. The molecule has 0 fully saturated rings. The van der Waals surface area contributed by atoms with Crippen LogP contribution in [0.2, 0.25) is 19.6 Å². The molecule has 0 bridgehead atoms. The maximum Gasteiger partial charge on any atom is 0.267 e. The second kappa shape index (κ2) is 5.13. The summed E-state index contributed by atoms with van der Waals surface area (Å²) in [5.74, 6) is 0. The number of aryl methyl sites for hydroxylation is 1. The lowest BCUT2D eigenvalue weighted by Crippen LogP contribution is -2.37. The normalized spacial score (nSPS) is 11.6. The molecule has 19 heavy (non-hydrogen) atoms. The molecule has 0 atom stereocenters. The zero-order chi connectivity index (χ0) is 14.0. The summed E-state index contributed by atoms with van der Waals surface area (Å²) in [7, 11) is -1.25. The van der Waals surface area contributed by atoms with E-state index < -0.39 is 8.07 Å². The molecule has 0 unspecified atom stereocenters. The van der Waals surface area contributed by atoms with Gasteiger partial charge >= 0.3 is 0 Å². The van der Waals surface area contributed by atoms with Crippen molar-refractivity contribution < 1.29 is 0 Å². The Labute approximate surface area is 114 Å². The molecule has 0 saturated heterocycles. The fraction of sp³-hybridized carbons (Fsp3) is 0.333. The second-order valence-corrected chi connectivity index (χ2v) is 11.0. The molecule has 100 valence electrons. The third-order valence-electron chi connectivity index (χ3n) is 3.15. The van der Waals surface area contributed by atoms with E-state index in [-0.39, 0.29) is 5.56 Å². The van der Waals surface area contributed by atoms with Crippen molar-refractivity contribution in [3.05, 3.63) is 58.0 Å². The molecule has 1 heterocycles. The first kappa shape index (κ1) is 13.7. The lowest BCUT2D eigenvalue weighted by atomic mass is 10.2. The highest BCUT2D eigenvalue weighted by atomic mass is 28.3. The van der Waals surface area contributed by atoms with Gasteiger partial charge in [0.25, 0.3) is 5.56 Å². The summed E-state index contributed by atoms with van der Waals surface area (Å²) in [5.41, 5.74) is 1.92. The quantitative estimate of drug-likeness (QED) is 0.802. The third kappa shape index (κ3) is 3.41. The van der Waals surface area contributed by atoms with Crippen LogP contribution >= 0.6 is 0 Å². The van der Waals surface area contributed by atoms with Gasteiger partial charge in [-0.15, -0.1) is 0 Å². The maximum absolute atomic E-state index is 11.7. The zero-order valence-corrected chi connectivity index (χ0v) is 13.0. The fourth-order valence-electron chi connectivity index (χ4n) is 1.95. The van der Waals surface area contributed by atoms with Crippen molar-refractivity contribution in [2.45, 2.75) is 33.1 Å². The molecule has 0 aliphatic carbocycles. The molecule has 1 aromatic carbocycles. The van der Waals surface area contributed by atoms with E-state index in [9.17, 15) is 4.79 Å². The van der Waals surface area contributed by atoms with Gasteiger partial charge in [0.1, 0.15) is 0 Å². The Morgan fingerprint density at radius 3 is 2.26 bits per heavy atom. The predicted molar refractivity (Wildman–Crippen MR) is 81.8 cm³/mol. The number of hydrogen-bond donors (Lipinski definition) is 0. The summed E-state index contributed by atoms with van der Waals surface area (Å²) in [5, 5.41) is 5.68. The van der Waals surface area contributed by atoms with Gasteiger partial charge in [-0.3, -0.25) is 4.79 Å². The Kier molecular flexibility index (Phi) is 3.71. The summed E-state index contributed by atoms with van der Waals surface area (Å²) in [6.07, 6.45) is 0. The largest absolute Gasteiger partial charge is 0.268 e. The summed E-state index contributed by atoms with van der Waals surface area (Å²) in [6.45, 7) is 9.41. The minimum Gasteiger partial charge on any atom is -0.268 e. The smallest absolute Gasteiger partial charge is 0.267 e. The van der Waals surface area contributed by atoms with Gasteiger partial charge in [-0.2, -0.15) is 5.10 Å². The Hall–Kier alpha value is -1.68. The van der Waals surface area contributed by atoms with Crippen molar-refractivity contribution in [3.63, 3.8) is 0 Å². The number of rotatable bonds is 3. The van der Waals surface area contributed by atoms with Gasteiger partial charge in [-0.1, -0.05) is 49.1 Å². The highest BCUT2D eigenvalue weighted by Crippen LogP contribution is 2.05. The van der Waals surface area contributed by atoms with E-state index in [0.717, 1.165) is 11.3 Å². The lowest BCUT2D eigenvalue weighted by molar-refractivity contribution is 0.628. The van der Waals surface area contributed by atoms with Gasteiger partial charge in [0.2, 0.25) is 0 Å². The lowest BCUT2D eigenvalue weighted by Gasteiger charge is -2.16. The molecule has 0 radical (unpaired) electrons. The van der Waals surface area contributed by atoms with Crippen LogP contribution in [0.3, 0.4) is 0 Å². The minimum absolute atomic E-state index is 0.0557. The van der Waals surface area contributed by atoms with Gasteiger partial charge in [-0.25, -0.2) is 4.68 Å². The monoisotopic (exact) mass is 272 g/mol. The van der Waals surface area contributed by atoms with Crippen LogP contribution < -0.4 is 10.7 Å². The van der Waals surface area contributed by atoms with Gasteiger partial charge in [0, 0.05) is 6.07 Å². The summed E-state index contributed by atoms with van der Waals surface area (Å²) in [6, 6.07) is 11.9. The molecule has 0 aliphatic rings. The Morgan fingerprint density at radius 1 is 1.05 bits per heavy atom. The van der Waals surface area contributed by atoms with E-state index in [1.54, 1.807) is 12.1 Å². The predicted octanol–water partition coefficient (Wildman–Crippen LogP) is 2.15. The van der Waals surface area contributed by atoms with Crippen LogP contribution in [0.1, 0.15) is 11.3 Å². The van der Waals surface area contributed by atoms with Crippen molar-refractivity contribution in [2.24, 2.45) is 0 Å². The van der Waals surface area contributed by atoms with Crippen LogP contribution in [-0.4, -0.2) is 17.9 Å². The van der Waals surface area contributed by atoms with Crippen LogP contribution in [0.4, 0.5) is 0 Å². The Balaban J connectivity index is 2.25. The Morgan fingerprint density at radius 2 is 1.68 bits per heavy atom. The van der Waals surface area contributed by atoms with Crippen LogP contribution in [-0.2, 0) is 6.54 Å². The molecule has 0 aliphatic heterocycles. The van der Waals surface area contributed by atoms with Gasteiger partial charge in [0.05, 0.1) is 20.3 Å². The minimum atomic E-state index is -1.25. The van der Waals surface area contributed by atoms with Gasteiger partial charge < -0.3 is 0 Å². The molecule has 0 saturated carbocycles. The third-order valence-corrected chi connectivity index (χ3v) is 5.22. The number of nitrogens with zero attached hydrogens (tertiary/aromatic N) is 2. The topological polar surface area (TPSA) is 34.9 Å². The highest BCUT2D eigenvalue weighted by Gasteiger charge is 2.15. The summed E-state index contributed by atoms with van der Waals surface area (Å²) < 4.78 is 1.51. The molecule has 2 rings (SSSR count). The molecule has 0 spiro atoms. The summed E-state index contributed by atoms with van der Waals surface area (Å²) in [4.78, 5) is 11.7. The molecule has 2 aromatic rings. The fourth-order valence-corrected chi connectivity index (χ4v) is 3.11. The number of hydrogen-bond acceptors (Lipinski definition) is 2. The molecule has 0 N–H and O–H groups in total. The van der Waals surface area contributed by atoms with E-state index >= 15 is 0 Å². The van der Waals surface area contributed by atoms with E-state index in [0.29, 0.717) is 6.54 Å². The van der Waals surface area contributed by atoms with Crippen LogP contribution in [0.25, 0.3) is 0 Å². The van der Waals surface area contributed by atoms with Gasteiger partial charge in [-0.05, 0) is 18.6 Å².